The maximum atomic E-state index is 6.06. The van der Waals surface area contributed by atoms with Gasteiger partial charge in [-0.15, -0.1) is 0 Å². The molecule has 21 heavy (non-hydrogen) atoms. The van der Waals surface area contributed by atoms with Gasteiger partial charge in [-0.2, -0.15) is 5.10 Å². The Balaban J connectivity index is 2.24. The van der Waals surface area contributed by atoms with Crippen LogP contribution in [-0.2, 0) is 0 Å². The predicted molar refractivity (Wildman–Crippen MR) is 85.2 cm³/mol. The van der Waals surface area contributed by atoms with Gasteiger partial charge < -0.3 is 10.5 Å². The monoisotopic (exact) mass is 279 g/mol. The molecule has 0 radical (unpaired) electrons. The highest BCUT2D eigenvalue weighted by Gasteiger charge is 2.17. The Bertz CT molecular complexity index is 763. The molecule has 0 aliphatic carbocycles. The number of aromatic nitrogens is 2. The standard InChI is InChI=1S/C17H17N3O/c1-11-8-9-14(21-2)13(10-11)16-15(17(18)20-19-16)12-6-4-3-5-7-12/h3-10H,1-2H3,(H3,18,19,20). The molecule has 0 saturated carbocycles. The van der Waals surface area contributed by atoms with Crippen LogP contribution in [0.1, 0.15) is 5.56 Å². The van der Waals surface area contributed by atoms with Crippen LogP contribution in [0.15, 0.2) is 48.5 Å². The van der Waals surface area contributed by atoms with E-state index in [-0.39, 0.29) is 0 Å². The smallest absolute Gasteiger partial charge is 0.153 e. The highest BCUT2D eigenvalue weighted by molar-refractivity contribution is 5.89. The van der Waals surface area contributed by atoms with Crippen LogP contribution in [0.5, 0.6) is 5.75 Å². The molecule has 106 valence electrons. The summed E-state index contributed by atoms with van der Waals surface area (Å²) in [6.07, 6.45) is 0. The number of hydrogen-bond acceptors (Lipinski definition) is 3. The summed E-state index contributed by atoms with van der Waals surface area (Å²) >= 11 is 0. The van der Waals surface area contributed by atoms with Crippen molar-refractivity contribution in [2.75, 3.05) is 12.8 Å². The second kappa shape index (κ2) is 5.32. The summed E-state index contributed by atoms with van der Waals surface area (Å²) in [7, 11) is 1.66. The third kappa shape index (κ3) is 2.36. The van der Waals surface area contributed by atoms with Crippen molar-refractivity contribution >= 4 is 5.82 Å². The Hall–Kier alpha value is -2.75. The fourth-order valence-corrected chi connectivity index (χ4v) is 2.47. The molecule has 0 spiro atoms. The van der Waals surface area contributed by atoms with Gasteiger partial charge >= 0.3 is 0 Å². The molecule has 0 aliphatic rings. The van der Waals surface area contributed by atoms with E-state index in [1.165, 1.54) is 0 Å². The Morgan fingerprint density at radius 3 is 2.57 bits per heavy atom. The van der Waals surface area contributed by atoms with Gasteiger partial charge in [-0.3, -0.25) is 5.10 Å². The molecule has 0 unspecified atom stereocenters. The Labute approximate surface area is 123 Å². The minimum absolute atomic E-state index is 0.486. The van der Waals surface area contributed by atoms with Crippen LogP contribution in [0.3, 0.4) is 0 Å². The first-order chi connectivity index (χ1) is 10.2. The molecule has 1 heterocycles. The summed E-state index contributed by atoms with van der Waals surface area (Å²) in [5.41, 5.74) is 11.0. The van der Waals surface area contributed by atoms with Crippen LogP contribution in [-0.4, -0.2) is 17.3 Å². The first kappa shape index (κ1) is 13.2. The maximum Gasteiger partial charge on any atom is 0.153 e. The topological polar surface area (TPSA) is 63.9 Å². The van der Waals surface area contributed by atoms with E-state index in [0.29, 0.717) is 5.82 Å². The number of aromatic amines is 1. The molecule has 0 amide bonds. The summed E-state index contributed by atoms with van der Waals surface area (Å²) in [6.45, 7) is 2.05. The van der Waals surface area contributed by atoms with Crippen molar-refractivity contribution in [1.29, 1.82) is 0 Å². The van der Waals surface area contributed by atoms with E-state index in [1.54, 1.807) is 7.11 Å². The molecular weight excluding hydrogens is 262 g/mol. The SMILES string of the molecule is COc1ccc(C)cc1-c1[nH]nc(N)c1-c1ccccc1. The van der Waals surface area contributed by atoms with Gasteiger partial charge in [0.2, 0.25) is 0 Å². The molecule has 0 bridgehead atoms. The van der Waals surface area contributed by atoms with Crippen molar-refractivity contribution in [1.82, 2.24) is 10.2 Å². The molecule has 0 saturated heterocycles. The number of nitrogens with one attached hydrogen (secondary N) is 1. The summed E-state index contributed by atoms with van der Waals surface area (Å²) in [6, 6.07) is 16.0. The van der Waals surface area contributed by atoms with E-state index in [2.05, 4.69) is 16.3 Å². The zero-order valence-corrected chi connectivity index (χ0v) is 12.1. The molecule has 3 N–H and O–H groups in total. The van der Waals surface area contributed by atoms with Crippen LogP contribution >= 0.6 is 0 Å². The summed E-state index contributed by atoms with van der Waals surface area (Å²) in [5, 5.41) is 7.21. The van der Waals surface area contributed by atoms with Crippen LogP contribution in [0.2, 0.25) is 0 Å². The maximum absolute atomic E-state index is 6.06. The number of rotatable bonds is 3. The largest absolute Gasteiger partial charge is 0.496 e. The van der Waals surface area contributed by atoms with Gasteiger partial charge in [0.1, 0.15) is 5.75 Å². The van der Waals surface area contributed by atoms with Crippen LogP contribution in [0.25, 0.3) is 22.4 Å². The van der Waals surface area contributed by atoms with Gasteiger partial charge in [-0.05, 0) is 24.6 Å². The highest BCUT2D eigenvalue weighted by atomic mass is 16.5. The number of aryl methyl sites for hydroxylation is 1. The van der Waals surface area contributed by atoms with Crippen molar-refractivity contribution < 1.29 is 4.74 Å². The zero-order chi connectivity index (χ0) is 14.8. The van der Waals surface area contributed by atoms with Gasteiger partial charge in [0, 0.05) is 5.56 Å². The Morgan fingerprint density at radius 1 is 1.10 bits per heavy atom. The van der Waals surface area contributed by atoms with Gasteiger partial charge in [-0.1, -0.05) is 42.0 Å². The number of nitrogen functional groups attached to an aromatic ring is 1. The molecular formula is C17H17N3O. The second-order valence-corrected chi connectivity index (χ2v) is 4.93. The molecule has 0 atom stereocenters. The molecule has 0 fully saturated rings. The number of hydrogen-bond donors (Lipinski definition) is 2. The van der Waals surface area contributed by atoms with Gasteiger partial charge in [0.15, 0.2) is 5.82 Å². The summed E-state index contributed by atoms with van der Waals surface area (Å²) < 4.78 is 5.47. The Kier molecular flexibility index (Phi) is 3.36. The van der Waals surface area contributed by atoms with E-state index < -0.39 is 0 Å². The van der Waals surface area contributed by atoms with E-state index in [1.807, 2.05) is 49.4 Å². The number of benzene rings is 2. The first-order valence-electron chi connectivity index (χ1n) is 6.75. The number of ether oxygens (including phenoxy) is 1. The summed E-state index contributed by atoms with van der Waals surface area (Å²) in [4.78, 5) is 0. The number of nitrogens with zero attached hydrogens (tertiary/aromatic N) is 1. The van der Waals surface area contributed by atoms with E-state index in [0.717, 1.165) is 33.7 Å². The van der Waals surface area contributed by atoms with Gasteiger partial charge in [0.05, 0.1) is 18.4 Å². The minimum atomic E-state index is 0.486. The lowest BCUT2D eigenvalue weighted by Gasteiger charge is -2.10. The average molecular weight is 279 g/mol. The number of methoxy groups -OCH3 is 1. The fourth-order valence-electron chi connectivity index (χ4n) is 2.47. The second-order valence-electron chi connectivity index (χ2n) is 4.93. The normalized spacial score (nSPS) is 10.6. The molecule has 3 rings (SSSR count). The van der Waals surface area contributed by atoms with Crippen LogP contribution < -0.4 is 10.5 Å². The molecule has 3 aromatic rings. The number of nitrogens with two attached hydrogens (primary N) is 1. The third-order valence-electron chi connectivity index (χ3n) is 3.48. The summed E-state index contributed by atoms with van der Waals surface area (Å²) in [5.74, 6) is 1.28. The quantitative estimate of drug-likeness (QED) is 0.769. The van der Waals surface area contributed by atoms with Gasteiger partial charge in [0.25, 0.3) is 0 Å². The van der Waals surface area contributed by atoms with E-state index >= 15 is 0 Å². The molecule has 4 nitrogen and oxygen atoms in total. The minimum Gasteiger partial charge on any atom is -0.496 e. The fraction of sp³-hybridized carbons (Fsp3) is 0.118. The molecule has 0 aliphatic heterocycles. The van der Waals surface area contributed by atoms with Crippen molar-refractivity contribution in [2.45, 2.75) is 6.92 Å². The van der Waals surface area contributed by atoms with E-state index in [9.17, 15) is 0 Å². The average Bonchev–Trinajstić information content (AvgIpc) is 2.89. The third-order valence-corrected chi connectivity index (χ3v) is 3.48. The van der Waals surface area contributed by atoms with Crippen LogP contribution in [0, 0.1) is 6.92 Å². The lowest BCUT2D eigenvalue weighted by atomic mass is 9.99. The molecule has 4 heteroatoms. The van der Waals surface area contributed by atoms with Gasteiger partial charge in [-0.25, -0.2) is 0 Å². The first-order valence-corrected chi connectivity index (χ1v) is 6.75. The van der Waals surface area contributed by atoms with Crippen molar-refractivity contribution in [3.8, 4) is 28.1 Å². The number of anilines is 1. The van der Waals surface area contributed by atoms with Crippen molar-refractivity contribution in [2.24, 2.45) is 0 Å². The molecule has 1 aromatic heterocycles. The van der Waals surface area contributed by atoms with E-state index in [4.69, 9.17) is 10.5 Å². The van der Waals surface area contributed by atoms with Crippen LogP contribution in [0.4, 0.5) is 5.82 Å². The highest BCUT2D eigenvalue weighted by Crippen LogP contribution is 2.39. The Morgan fingerprint density at radius 2 is 1.86 bits per heavy atom. The van der Waals surface area contributed by atoms with Crippen molar-refractivity contribution in [3.05, 3.63) is 54.1 Å². The number of H-pyrrole nitrogens is 1. The molecule has 2 aromatic carbocycles. The predicted octanol–water partition coefficient (Wildman–Crippen LogP) is 3.64. The lowest BCUT2D eigenvalue weighted by molar-refractivity contribution is 0.416. The van der Waals surface area contributed by atoms with Crippen molar-refractivity contribution in [3.63, 3.8) is 0 Å². The zero-order valence-electron chi connectivity index (χ0n) is 12.1. The lowest BCUT2D eigenvalue weighted by Crippen LogP contribution is -1.92.